The summed E-state index contributed by atoms with van der Waals surface area (Å²) in [6.45, 7) is 11.0. The zero-order valence-corrected chi connectivity index (χ0v) is 22.1. The van der Waals surface area contributed by atoms with Crippen molar-refractivity contribution in [3.8, 4) is 0 Å². The SMILES string of the molecule is CC(C(O)C(O)[C@](C)(O)[C@H]1C(O)C[C@H]2[C@@H]3CCC4CC(O)CC[C@]4(C)[C@H]3CC[C@@]21C)C(C)(C)O. The molecule has 4 aliphatic rings. The van der Waals surface area contributed by atoms with E-state index in [2.05, 4.69) is 13.8 Å². The number of hydrogen-bond acceptors (Lipinski definition) is 6. The molecule has 6 nitrogen and oxygen atoms in total. The summed E-state index contributed by atoms with van der Waals surface area (Å²) in [7, 11) is 0. The van der Waals surface area contributed by atoms with Crippen LogP contribution in [0.15, 0.2) is 0 Å². The molecule has 34 heavy (non-hydrogen) atoms. The Morgan fingerprint density at radius 3 is 2.06 bits per heavy atom. The van der Waals surface area contributed by atoms with Crippen LogP contribution >= 0.6 is 0 Å². The lowest BCUT2D eigenvalue weighted by atomic mass is 9.44. The lowest BCUT2D eigenvalue weighted by molar-refractivity contribution is -0.208. The van der Waals surface area contributed by atoms with Crippen LogP contribution in [-0.4, -0.2) is 66.3 Å². The lowest BCUT2D eigenvalue weighted by Gasteiger charge is -2.61. The minimum absolute atomic E-state index is 0.171. The standard InChI is InChI=1S/C28H50O6/c1-15(25(2,3)33)22(31)24(32)28(6,34)23-21(30)14-20-18-8-7-16-13-17(29)9-11-26(16,4)19(18)10-12-27(20,23)5/h15-24,29-34H,7-14H2,1-6H3/t15?,16?,17?,18-,19+,20+,21?,22?,23+,24?,26+,27+,28-/m1/s1. The Balaban J connectivity index is 1.59. The maximum absolute atomic E-state index is 11.7. The van der Waals surface area contributed by atoms with Gasteiger partial charge in [-0.2, -0.15) is 0 Å². The second-order valence-corrected chi connectivity index (χ2v) is 14.0. The first-order valence-electron chi connectivity index (χ1n) is 13.7. The number of aliphatic hydroxyl groups is 6. The molecule has 13 atom stereocenters. The minimum Gasteiger partial charge on any atom is -0.393 e. The molecule has 6 N–H and O–H groups in total. The fourth-order valence-corrected chi connectivity index (χ4v) is 9.53. The summed E-state index contributed by atoms with van der Waals surface area (Å²) < 4.78 is 0. The molecule has 198 valence electrons. The molecule has 0 aromatic heterocycles. The number of fused-ring (bicyclic) bond motifs is 5. The number of aliphatic hydroxyl groups excluding tert-OH is 4. The molecule has 0 aliphatic heterocycles. The third kappa shape index (κ3) is 3.99. The van der Waals surface area contributed by atoms with Crippen LogP contribution in [0.1, 0.15) is 92.9 Å². The summed E-state index contributed by atoms with van der Waals surface area (Å²) in [6.07, 6.45) is 3.88. The number of rotatable bonds is 5. The highest BCUT2D eigenvalue weighted by atomic mass is 16.4. The molecule has 0 aromatic carbocycles. The van der Waals surface area contributed by atoms with Crippen molar-refractivity contribution >= 4 is 0 Å². The monoisotopic (exact) mass is 482 g/mol. The van der Waals surface area contributed by atoms with E-state index in [9.17, 15) is 30.6 Å². The summed E-state index contributed by atoms with van der Waals surface area (Å²) in [5.41, 5.74) is -3.01. The normalized spacial score (nSPS) is 49.2. The Morgan fingerprint density at radius 2 is 1.44 bits per heavy atom. The van der Waals surface area contributed by atoms with Crippen molar-refractivity contribution in [3.63, 3.8) is 0 Å². The second-order valence-electron chi connectivity index (χ2n) is 14.0. The molecule has 4 saturated carbocycles. The van der Waals surface area contributed by atoms with Gasteiger partial charge in [0.25, 0.3) is 0 Å². The maximum Gasteiger partial charge on any atom is 0.109 e. The molecular weight excluding hydrogens is 432 g/mol. The molecule has 0 amide bonds. The predicted molar refractivity (Wildman–Crippen MR) is 131 cm³/mol. The van der Waals surface area contributed by atoms with Crippen LogP contribution in [0.25, 0.3) is 0 Å². The van der Waals surface area contributed by atoms with Gasteiger partial charge in [0.05, 0.1) is 29.5 Å². The molecular formula is C28H50O6. The fourth-order valence-electron chi connectivity index (χ4n) is 9.53. The van der Waals surface area contributed by atoms with Gasteiger partial charge >= 0.3 is 0 Å². The number of hydrogen-bond donors (Lipinski definition) is 6. The summed E-state index contributed by atoms with van der Waals surface area (Å²) >= 11 is 0. The molecule has 0 aromatic rings. The van der Waals surface area contributed by atoms with Gasteiger partial charge in [0.15, 0.2) is 0 Å². The van der Waals surface area contributed by atoms with Crippen LogP contribution in [0.5, 0.6) is 0 Å². The predicted octanol–water partition coefficient (Wildman–Crippen LogP) is 2.86. The minimum atomic E-state index is -1.69. The highest BCUT2D eigenvalue weighted by molar-refractivity contribution is 5.15. The van der Waals surface area contributed by atoms with E-state index in [1.165, 1.54) is 0 Å². The van der Waals surface area contributed by atoms with Gasteiger partial charge in [0, 0.05) is 11.8 Å². The average Bonchev–Trinajstić information content (AvgIpc) is 3.02. The van der Waals surface area contributed by atoms with Crippen molar-refractivity contribution in [2.45, 2.75) is 129 Å². The van der Waals surface area contributed by atoms with Crippen LogP contribution in [0.2, 0.25) is 0 Å². The Morgan fingerprint density at radius 1 is 0.824 bits per heavy atom. The van der Waals surface area contributed by atoms with E-state index >= 15 is 0 Å². The summed E-state index contributed by atoms with van der Waals surface area (Å²) in [5.74, 6) is 0.666. The van der Waals surface area contributed by atoms with Gasteiger partial charge in [0.1, 0.15) is 6.10 Å². The topological polar surface area (TPSA) is 121 Å². The maximum atomic E-state index is 11.7. The largest absolute Gasteiger partial charge is 0.393 e. The van der Waals surface area contributed by atoms with Crippen LogP contribution in [0, 0.1) is 46.3 Å². The first kappa shape index (κ1) is 26.8. The van der Waals surface area contributed by atoms with Gasteiger partial charge in [-0.1, -0.05) is 20.8 Å². The van der Waals surface area contributed by atoms with Crippen LogP contribution < -0.4 is 0 Å². The van der Waals surface area contributed by atoms with Gasteiger partial charge in [-0.05, 0) is 107 Å². The molecule has 0 heterocycles. The molecule has 4 rings (SSSR count). The van der Waals surface area contributed by atoms with E-state index < -0.39 is 41.3 Å². The Labute approximate surface area is 205 Å². The fraction of sp³-hybridized carbons (Fsp3) is 1.00. The molecule has 6 unspecified atom stereocenters. The van der Waals surface area contributed by atoms with Gasteiger partial charge in [-0.25, -0.2) is 0 Å². The van der Waals surface area contributed by atoms with Crippen molar-refractivity contribution in [2.24, 2.45) is 46.3 Å². The average molecular weight is 483 g/mol. The third-order valence-electron chi connectivity index (χ3n) is 11.8. The van der Waals surface area contributed by atoms with E-state index in [4.69, 9.17) is 0 Å². The zero-order chi connectivity index (χ0) is 25.4. The first-order chi connectivity index (χ1) is 15.5. The van der Waals surface area contributed by atoms with E-state index in [1.54, 1.807) is 27.7 Å². The van der Waals surface area contributed by atoms with E-state index in [-0.39, 0.29) is 22.9 Å². The highest BCUT2D eigenvalue weighted by Gasteiger charge is 2.66. The zero-order valence-electron chi connectivity index (χ0n) is 22.1. The Bertz CT molecular complexity index is 748. The molecule has 6 heteroatoms. The van der Waals surface area contributed by atoms with Crippen LogP contribution in [0.4, 0.5) is 0 Å². The van der Waals surface area contributed by atoms with Crippen molar-refractivity contribution in [1.82, 2.24) is 0 Å². The van der Waals surface area contributed by atoms with Gasteiger partial charge < -0.3 is 30.6 Å². The van der Waals surface area contributed by atoms with Crippen molar-refractivity contribution in [3.05, 3.63) is 0 Å². The highest BCUT2D eigenvalue weighted by Crippen LogP contribution is 2.68. The quantitative estimate of drug-likeness (QED) is 0.358. The van der Waals surface area contributed by atoms with E-state index in [1.807, 2.05) is 0 Å². The van der Waals surface area contributed by atoms with Crippen molar-refractivity contribution in [1.29, 1.82) is 0 Å². The molecule has 0 spiro atoms. The summed E-state index contributed by atoms with van der Waals surface area (Å²) in [6, 6.07) is 0. The second kappa shape index (κ2) is 8.66. The van der Waals surface area contributed by atoms with Gasteiger partial charge in [0.2, 0.25) is 0 Å². The Hall–Kier alpha value is -0.240. The molecule has 4 aliphatic carbocycles. The van der Waals surface area contributed by atoms with Gasteiger partial charge in [-0.15, -0.1) is 0 Å². The van der Waals surface area contributed by atoms with E-state index in [0.717, 1.165) is 44.9 Å². The van der Waals surface area contributed by atoms with Crippen molar-refractivity contribution < 1.29 is 30.6 Å². The summed E-state index contributed by atoms with van der Waals surface area (Å²) in [5, 5.41) is 65.8. The van der Waals surface area contributed by atoms with E-state index in [0.29, 0.717) is 24.2 Å². The molecule has 0 saturated heterocycles. The van der Waals surface area contributed by atoms with Crippen LogP contribution in [-0.2, 0) is 0 Å². The first-order valence-corrected chi connectivity index (χ1v) is 13.7. The molecule has 0 radical (unpaired) electrons. The summed E-state index contributed by atoms with van der Waals surface area (Å²) in [4.78, 5) is 0. The smallest absolute Gasteiger partial charge is 0.109 e. The van der Waals surface area contributed by atoms with Gasteiger partial charge in [-0.3, -0.25) is 0 Å². The molecule has 0 bridgehead atoms. The van der Waals surface area contributed by atoms with Crippen LogP contribution in [0.3, 0.4) is 0 Å². The Kier molecular flexibility index (Phi) is 6.83. The van der Waals surface area contributed by atoms with Crippen molar-refractivity contribution in [2.75, 3.05) is 0 Å². The molecule has 4 fully saturated rings. The third-order valence-corrected chi connectivity index (χ3v) is 11.8. The lowest BCUT2D eigenvalue weighted by Crippen LogP contribution is -2.62.